The lowest BCUT2D eigenvalue weighted by Crippen LogP contribution is -2.48. The SMILES string of the molecule is CCCNC(=O)[C@@H](C)N(Cc1ccccc1C)C(=O)CSCc1ccc(Br)cc1. The van der Waals surface area contributed by atoms with Crippen molar-refractivity contribution in [3.8, 4) is 0 Å². The number of thioether (sulfide) groups is 1. The molecule has 2 aromatic rings. The number of nitrogens with zero attached hydrogens (tertiary/aromatic N) is 1. The Hall–Kier alpha value is -1.79. The molecule has 0 radical (unpaired) electrons. The van der Waals surface area contributed by atoms with Crippen LogP contribution in [0.5, 0.6) is 0 Å². The summed E-state index contributed by atoms with van der Waals surface area (Å²) in [5, 5.41) is 2.91. The molecule has 1 atom stereocenters. The lowest BCUT2D eigenvalue weighted by molar-refractivity contribution is -0.138. The molecule has 0 bridgehead atoms. The Morgan fingerprint density at radius 3 is 2.48 bits per heavy atom. The minimum atomic E-state index is -0.512. The number of carbonyl (C=O) groups is 2. The summed E-state index contributed by atoms with van der Waals surface area (Å²) in [7, 11) is 0. The quantitative estimate of drug-likeness (QED) is 0.528. The number of hydrogen-bond donors (Lipinski definition) is 1. The number of benzene rings is 2. The highest BCUT2D eigenvalue weighted by Crippen LogP contribution is 2.19. The van der Waals surface area contributed by atoms with E-state index >= 15 is 0 Å². The summed E-state index contributed by atoms with van der Waals surface area (Å²) >= 11 is 5.01. The van der Waals surface area contributed by atoms with Crippen LogP contribution in [0.15, 0.2) is 53.0 Å². The Bertz CT molecular complexity index is 811. The van der Waals surface area contributed by atoms with E-state index in [0.717, 1.165) is 27.8 Å². The summed E-state index contributed by atoms with van der Waals surface area (Å²) in [6, 6.07) is 15.6. The first-order valence-electron chi connectivity index (χ1n) is 9.86. The Labute approximate surface area is 186 Å². The topological polar surface area (TPSA) is 49.4 Å². The third-order valence-corrected chi connectivity index (χ3v) is 6.24. The molecule has 0 saturated carbocycles. The number of hydrogen-bond acceptors (Lipinski definition) is 3. The normalized spacial score (nSPS) is 11.7. The van der Waals surface area contributed by atoms with Gasteiger partial charge in [0.15, 0.2) is 0 Å². The summed E-state index contributed by atoms with van der Waals surface area (Å²) in [6.45, 7) is 6.90. The fourth-order valence-corrected chi connectivity index (χ4v) is 4.00. The largest absolute Gasteiger partial charge is 0.354 e. The first kappa shape index (κ1) is 23.5. The van der Waals surface area contributed by atoms with Crippen LogP contribution in [0.4, 0.5) is 0 Å². The van der Waals surface area contributed by atoms with Gasteiger partial charge in [0, 0.05) is 23.3 Å². The molecule has 2 amide bonds. The Kier molecular flexibility index (Phi) is 9.74. The van der Waals surface area contributed by atoms with Crippen molar-refractivity contribution in [1.29, 1.82) is 0 Å². The van der Waals surface area contributed by atoms with Gasteiger partial charge < -0.3 is 10.2 Å². The minimum Gasteiger partial charge on any atom is -0.354 e. The molecule has 0 saturated heterocycles. The van der Waals surface area contributed by atoms with Crippen molar-refractivity contribution in [3.63, 3.8) is 0 Å². The highest BCUT2D eigenvalue weighted by Gasteiger charge is 2.26. The lowest BCUT2D eigenvalue weighted by Gasteiger charge is -2.29. The van der Waals surface area contributed by atoms with Crippen LogP contribution in [0.2, 0.25) is 0 Å². The molecule has 156 valence electrons. The highest BCUT2D eigenvalue weighted by molar-refractivity contribution is 9.10. The van der Waals surface area contributed by atoms with Gasteiger partial charge in [-0.25, -0.2) is 0 Å². The second-order valence-electron chi connectivity index (χ2n) is 7.03. The van der Waals surface area contributed by atoms with Gasteiger partial charge in [-0.1, -0.05) is 59.3 Å². The molecular weight excluding hydrogens is 448 g/mol. The molecule has 0 aliphatic carbocycles. The van der Waals surface area contributed by atoms with Gasteiger partial charge in [-0.3, -0.25) is 9.59 Å². The van der Waals surface area contributed by atoms with Crippen molar-refractivity contribution >= 4 is 39.5 Å². The van der Waals surface area contributed by atoms with Crippen LogP contribution in [-0.4, -0.2) is 35.1 Å². The fourth-order valence-electron chi connectivity index (χ4n) is 2.87. The maximum absolute atomic E-state index is 13.0. The summed E-state index contributed by atoms with van der Waals surface area (Å²) in [5.41, 5.74) is 3.35. The van der Waals surface area contributed by atoms with E-state index in [4.69, 9.17) is 0 Å². The van der Waals surface area contributed by atoms with Crippen molar-refractivity contribution in [2.24, 2.45) is 0 Å². The van der Waals surface area contributed by atoms with Gasteiger partial charge in [-0.2, -0.15) is 0 Å². The molecule has 0 unspecified atom stereocenters. The van der Waals surface area contributed by atoms with E-state index in [1.807, 2.05) is 62.4 Å². The van der Waals surface area contributed by atoms with Crippen LogP contribution >= 0.6 is 27.7 Å². The monoisotopic (exact) mass is 476 g/mol. The van der Waals surface area contributed by atoms with Gasteiger partial charge in [0.2, 0.25) is 11.8 Å². The number of halogens is 1. The van der Waals surface area contributed by atoms with Crippen molar-refractivity contribution in [2.75, 3.05) is 12.3 Å². The molecule has 0 spiro atoms. The smallest absolute Gasteiger partial charge is 0.242 e. The average Bonchev–Trinajstić information content (AvgIpc) is 2.72. The predicted octanol–water partition coefficient (Wildman–Crippen LogP) is 4.93. The zero-order valence-corrected chi connectivity index (χ0v) is 19.7. The van der Waals surface area contributed by atoms with Gasteiger partial charge in [-0.05, 0) is 49.1 Å². The van der Waals surface area contributed by atoms with E-state index in [1.165, 1.54) is 5.56 Å². The second kappa shape index (κ2) is 12.0. The van der Waals surface area contributed by atoms with E-state index in [-0.39, 0.29) is 11.8 Å². The van der Waals surface area contributed by atoms with Crippen molar-refractivity contribution in [2.45, 2.75) is 45.5 Å². The number of rotatable bonds is 10. The van der Waals surface area contributed by atoms with Crippen LogP contribution in [-0.2, 0) is 21.9 Å². The number of aryl methyl sites for hydroxylation is 1. The average molecular weight is 477 g/mol. The second-order valence-corrected chi connectivity index (χ2v) is 8.94. The number of nitrogens with one attached hydrogen (secondary N) is 1. The van der Waals surface area contributed by atoms with Gasteiger partial charge in [0.05, 0.1) is 5.75 Å². The van der Waals surface area contributed by atoms with Crippen molar-refractivity contribution < 1.29 is 9.59 Å². The Morgan fingerprint density at radius 1 is 1.14 bits per heavy atom. The molecule has 2 rings (SSSR count). The molecule has 0 aromatic heterocycles. The predicted molar refractivity (Wildman–Crippen MR) is 125 cm³/mol. The highest BCUT2D eigenvalue weighted by atomic mass is 79.9. The van der Waals surface area contributed by atoms with Crippen LogP contribution in [0.1, 0.15) is 37.0 Å². The van der Waals surface area contributed by atoms with Crippen LogP contribution in [0.25, 0.3) is 0 Å². The molecule has 0 fully saturated rings. The molecule has 0 heterocycles. The van der Waals surface area contributed by atoms with E-state index in [2.05, 4.69) is 21.2 Å². The van der Waals surface area contributed by atoms with Crippen molar-refractivity contribution in [1.82, 2.24) is 10.2 Å². The first-order chi connectivity index (χ1) is 13.9. The molecule has 0 aliphatic rings. The third-order valence-electron chi connectivity index (χ3n) is 4.73. The number of carbonyl (C=O) groups excluding carboxylic acids is 2. The maximum Gasteiger partial charge on any atom is 0.242 e. The lowest BCUT2D eigenvalue weighted by atomic mass is 10.1. The van der Waals surface area contributed by atoms with Gasteiger partial charge in [0.25, 0.3) is 0 Å². The zero-order chi connectivity index (χ0) is 21.2. The summed E-state index contributed by atoms with van der Waals surface area (Å²) in [5.74, 6) is 0.974. The van der Waals surface area contributed by atoms with E-state index in [0.29, 0.717) is 18.8 Å². The molecule has 6 heteroatoms. The molecule has 2 aromatic carbocycles. The van der Waals surface area contributed by atoms with Crippen molar-refractivity contribution in [3.05, 3.63) is 69.7 Å². The molecule has 1 N–H and O–H groups in total. The Balaban J connectivity index is 2.05. The van der Waals surface area contributed by atoms with Crippen LogP contribution in [0.3, 0.4) is 0 Å². The van der Waals surface area contributed by atoms with E-state index < -0.39 is 6.04 Å². The minimum absolute atomic E-state index is 0.0190. The first-order valence-corrected chi connectivity index (χ1v) is 11.8. The van der Waals surface area contributed by atoms with E-state index in [1.54, 1.807) is 23.6 Å². The van der Waals surface area contributed by atoms with Gasteiger partial charge in [-0.15, -0.1) is 11.8 Å². The summed E-state index contributed by atoms with van der Waals surface area (Å²) in [4.78, 5) is 27.3. The summed E-state index contributed by atoms with van der Waals surface area (Å²) < 4.78 is 1.04. The molecular formula is C23H29BrN2O2S. The molecule has 4 nitrogen and oxygen atoms in total. The Morgan fingerprint density at radius 2 is 1.83 bits per heavy atom. The zero-order valence-electron chi connectivity index (χ0n) is 17.3. The van der Waals surface area contributed by atoms with Crippen LogP contribution in [0, 0.1) is 6.92 Å². The third kappa shape index (κ3) is 7.52. The standard InChI is InChI=1S/C23H29BrN2O2S/c1-4-13-25-23(28)18(3)26(14-20-8-6-5-7-17(20)2)22(27)16-29-15-19-9-11-21(24)12-10-19/h5-12,18H,4,13-16H2,1-3H3,(H,25,28)/t18-/m1/s1. The van der Waals surface area contributed by atoms with Crippen LogP contribution < -0.4 is 5.32 Å². The molecule has 29 heavy (non-hydrogen) atoms. The summed E-state index contributed by atoms with van der Waals surface area (Å²) in [6.07, 6.45) is 0.868. The number of amides is 2. The maximum atomic E-state index is 13.0. The van der Waals surface area contributed by atoms with Gasteiger partial charge in [0.1, 0.15) is 6.04 Å². The molecule has 0 aliphatic heterocycles. The fraction of sp³-hybridized carbons (Fsp3) is 0.391. The van der Waals surface area contributed by atoms with E-state index in [9.17, 15) is 9.59 Å². The van der Waals surface area contributed by atoms with Gasteiger partial charge >= 0.3 is 0 Å².